The Morgan fingerprint density at radius 1 is 1.29 bits per heavy atom. The minimum Gasteiger partial charge on any atom is -0.351 e. The van der Waals surface area contributed by atoms with E-state index in [1.807, 2.05) is 6.07 Å². The van der Waals surface area contributed by atoms with Crippen molar-refractivity contribution < 1.29 is 4.79 Å². The molecule has 0 atom stereocenters. The van der Waals surface area contributed by atoms with Gasteiger partial charge in [-0.15, -0.1) is 0 Å². The topological polar surface area (TPSA) is 58.1 Å². The summed E-state index contributed by atoms with van der Waals surface area (Å²) in [6.45, 7) is 1.93. The van der Waals surface area contributed by atoms with Crippen molar-refractivity contribution in [2.45, 2.75) is 44.6 Å². The van der Waals surface area contributed by atoms with Gasteiger partial charge in [-0.1, -0.05) is 6.42 Å². The molecule has 3 fully saturated rings. The molecule has 0 bridgehead atoms. The molecular formula is C16H22N4O. The van der Waals surface area contributed by atoms with Gasteiger partial charge in [-0.25, -0.2) is 9.97 Å². The highest BCUT2D eigenvalue weighted by molar-refractivity contribution is 5.80. The highest BCUT2D eigenvalue weighted by Gasteiger charge is 2.50. The minimum absolute atomic E-state index is 0.340. The second kappa shape index (κ2) is 4.97. The molecule has 5 heteroatoms. The lowest BCUT2D eigenvalue weighted by atomic mass is 9.65. The van der Waals surface area contributed by atoms with E-state index in [-0.39, 0.29) is 0 Å². The van der Waals surface area contributed by atoms with E-state index in [4.69, 9.17) is 0 Å². The number of carbonyl (C=O) groups is 1. The van der Waals surface area contributed by atoms with Gasteiger partial charge in [0.05, 0.1) is 0 Å². The Kier molecular flexibility index (Phi) is 3.08. The smallest absolute Gasteiger partial charge is 0.225 e. The number of rotatable bonds is 3. The Labute approximate surface area is 125 Å². The third-order valence-corrected chi connectivity index (χ3v) is 5.46. The van der Waals surface area contributed by atoms with Crippen LogP contribution in [0.25, 0.3) is 0 Å². The normalized spacial score (nSPS) is 31.8. The van der Waals surface area contributed by atoms with Gasteiger partial charge in [0, 0.05) is 37.4 Å². The van der Waals surface area contributed by atoms with Gasteiger partial charge in [-0.05, 0) is 43.6 Å². The van der Waals surface area contributed by atoms with Gasteiger partial charge in [0.25, 0.3) is 0 Å². The van der Waals surface area contributed by atoms with Crippen LogP contribution >= 0.6 is 0 Å². The summed E-state index contributed by atoms with van der Waals surface area (Å²) in [5.41, 5.74) is 0.367. The summed E-state index contributed by atoms with van der Waals surface area (Å²) in [6.07, 6.45) is 10.4. The van der Waals surface area contributed by atoms with Crippen LogP contribution in [-0.4, -0.2) is 39.9 Å². The Morgan fingerprint density at radius 2 is 2.05 bits per heavy atom. The summed E-state index contributed by atoms with van der Waals surface area (Å²) in [5, 5.41) is 3.39. The molecule has 4 rings (SSSR count). The highest BCUT2D eigenvalue weighted by atomic mass is 16.2. The van der Waals surface area contributed by atoms with E-state index in [9.17, 15) is 4.79 Å². The number of anilines is 1. The first-order valence-electron chi connectivity index (χ1n) is 8.07. The number of hydrogen-bond donors (Lipinski definition) is 1. The lowest BCUT2D eigenvalue weighted by Crippen LogP contribution is -2.48. The van der Waals surface area contributed by atoms with E-state index in [2.05, 4.69) is 20.2 Å². The van der Waals surface area contributed by atoms with Crippen molar-refractivity contribution in [3.8, 4) is 0 Å². The maximum Gasteiger partial charge on any atom is 0.225 e. The second-order valence-corrected chi connectivity index (χ2v) is 6.96. The van der Waals surface area contributed by atoms with E-state index in [1.165, 1.54) is 12.8 Å². The van der Waals surface area contributed by atoms with E-state index in [0.717, 1.165) is 44.7 Å². The van der Waals surface area contributed by atoms with Crippen molar-refractivity contribution >= 4 is 11.9 Å². The van der Waals surface area contributed by atoms with Gasteiger partial charge in [0.1, 0.15) is 0 Å². The molecule has 0 unspecified atom stereocenters. The van der Waals surface area contributed by atoms with Crippen LogP contribution in [0.2, 0.25) is 0 Å². The zero-order valence-corrected chi connectivity index (χ0v) is 12.3. The highest BCUT2D eigenvalue weighted by Crippen LogP contribution is 2.49. The average molecular weight is 286 g/mol. The first-order chi connectivity index (χ1) is 10.2. The standard InChI is InChI=1S/C16H22N4O/c21-14(12-3-1-4-12)20-8-5-16(11-20)9-13(10-16)19-15-17-6-2-7-18-15/h2,6-7,12-13H,1,3-5,8-11H2,(H,17,18,19). The number of amides is 1. The van der Waals surface area contributed by atoms with Gasteiger partial charge >= 0.3 is 0 Å². The molecule has 1 aromatic rings. The van der Waals surface area contributed by atoms with Gasteiger partial charge in [0.2, 0.25) is 11.9 Å². The molecule has 3 aliphatic rings. The van der Waals surface area contributed by atoms with Crippen molar-refractivity contribution in [3.05, 3.63) is 18.5 Å². The van der Waals surface area contributed by atoms with E-state index in [0.29, 0.717) is 23.3 Å². The molecule has 112 valence electrons. The quantitative estimate of drug-likeness (QED) is 0.924. The lowest BCUT2D eigenvalue weighted by Gasteiger charge is -2.45. The molecule has 5 nitrogen and oxygen atoms in total. The number of carbonyl (C=O) groups excluding carboxylic acids is 1. The summed E-state index contributed by atoms with van der Waals surface area (Å²) in [6, 6.07) is 2.29. The second-order valence-electron chi connectivity index (χ2n) is 6.96. The summed E-state index contributed by atoms with van der Waals surface area (Å²) in [5.74, 6) is 1.48. The molecule has 1 aromatic heterocycles. The average Bonchev–Trinajstić information content (AvgIpc) is 2.83. The molecule has 0 aromatic carbocycles. The largest absolute Gasteiger partial charge is 0.351 e. The lowest BCUT2D eigenvalue weighted by molar-refractivity contribution is -0.137. The number of likely N-dealkylation sites (tertiary alicyclic amines) is 1. The summed E-state index contributed by atoms with van der Waals surface area (Å²) in [7, 11) is 0. The van der Waals surface area contributed by atoms with E-state index >= 15 is 0 Å². The van der Waals surface area contributed by atoms with Gasteiger partial charge in [-0.2, -0.15) is 0 Å². The molecule has 1 aliphatic heterocycles. The van der Waals surface area contributed by atoms with Gasteiger partial charge in [-0.3, -0.25) is 4.79 Å². The first-order valence-corrected chi connectivity index (χ1v) is 8.07. The Bertz CT molecular complexity index is 522. The van der Waals surface area contributed by atoms with E-state index in [1.54, 1.807) is 12.4 Å². The monoisotopic (exact) mass is 286 g/mol. The maximum atomic E-state index is 12.3. The summed E-state index contributed by atoms with van der Waals surface area (Å²) in [4.78, 5) is 22.9. The van der Waals surface area contributed by atoms with Crippen LogP contribution in [0, 0.1) is 11.3 Å². The van der Waals surface area contributed by atoms with Crippen LogP contribution in [0.5, 0.6) is 0 Å². The molecular weight excluding hydrogens is 264 g/mol. The van der Waals surface area contributed by atoms with E-state index < -0.39 is 0 Å². The number of aromatic nitrogens is 2. The first kappa shape index (κ1) is 13.0. The van der Waals surface area contributed by atoms with Gasteiger partial charge in [0.15, 0.2) is 0 Å². The molecule has 1 saturated heterocycles. The Balaban J connectivity index is 1.30. The van der Waals surface area contributed by atoms with Crippen molar-refractivity contribution in [3.63, 3.8) is 0 Å². The Hall–Kier alpha value is -1.65. The number of nitrogens with one attached hydrogen (secondary N) is 1. The van der Waals surface area contributed by atoms with Crippen LogP contribution in [0.1, 0.15) is 38.5 Å². The third kappa shape index (κ3) is 2.39. The van der Waals surface area contributed by atoms with Crippen molar-refractivity contribution in [1.29, 1.82) is 0 Å². The molecule has 2 heterocycles. The predicted octanol–water partition coefficient (Wildman–Crippen LogP) is 2.07. The zero-order valence-electron chi connectivity index (χ0n) is 12.3. The fourth-order valence-corrected chi connectivity index (χ4v) is 4.01. The summed E-state index contributed by atoms with van der Waals surface area (Å²) >= 11 is 0. The van der Waals surface area contributed by atoms with Crippen LogP contribution < -0.4 is 5.32 Å². The Morgan fingerprint density at radius 3 is 2.71 bits per heavy atom. The van der Waals surface area contributed by atoms with Crippen molar-refractivity contribution in [2.75, 3.05) is 18.4 Å². The molecule has 21 heavy (non-hydrogen) atoms. The van der Waals surface area contributed by atoms with Crippen LogP contribution in [-0.2, 0) is 4.79 Å². The summed E-state index contributed by atoms with van der Waals surface area (Å²) < 4.78 is 0. The van der Waals surface area contributed by atoms with Gasteiger partial charge < -0.3 is 10.2 Å². The zero-order chi connectivity index (χ0) is 14.3. The molecule has 2 saturated carbocycles. The SMILES string of the molecule is O=C(C1CCC1)N1CCC2(CC(Nc3ncccn3)C2)C1. The van der Waals surface area contributed by atoms with Crippen molar-refractivity contribution in [1.82, 2.24) is 14.9 Å². The predicted molar refractivity (Wildman–Crippen MR) is 79.6 cm³/mol. The van der Waals surface area contributed by atoms with Crippen LogP contribution in [0.15, 0.2) is 18.5 Å². The van der Waals surface area contributed by atoms with Crippen LogP contribution in [0.3, 0.4) is 0 Å². The molecule has 2 aliphatic carbocycles. The number of hydrogen-bond acceptors (Lipinski definition) is 4. The fraction of sp³-hybridized carbons (Fsp3) is 0.688. The maximum absolute atomic E-state index is 12.3. The van der Waals surface area contributed by atoms with Crippen molar-refractivity contribution in [2.24, 2.45) is 11.3 Å². The molecule has 1 spiro atoms. The molecule has 1 N–H and O–H groups in total. The minimum atomic E-state index is 0.340. The molecule has 0 radical (unpaired) electrons. The fourth-order valence-electron chi connectivity index (χ4n) is 4.01. The molecule has 1 amide bonds. The number of nitrogens with zero attached hydrogens (tertiary/aromatic N) is 3. The third-order valence-electron chi connectivity index (χ3n) is 5.46. The van der Waals surface area contributed by atoms with Crippen LogP contribution in [0.4, 0.5) is 5.95 Å².